The molecule has 1 aromatic rings. The number of hydrogen-bond donors (Lipinski definition) is 1. The van der Waals surface area contributed by atoms with E-state index in [9.17, 15) is 0 Å². The zero-order chi connectivity index (χ0) is 9.97. The van der Waals surface area contributed by atoms with Crippen molar-refractivity contribution in [1.29, 1.82) is 0 Å². The first-order valence-electron chi connectivity index (χ1n) is 5.08. The summed E-state index contributed by atoms with van der Waals surface area (Å²) in [7, 11) is 0. The molecule has 0 radical (unpaired) electrons. The zero-order valence-corrected chi connectivity index (χ0v) is 9.88. The zero-order valence-electron chi connectivity index (χ0n) is 9.06. The van der Waals surface area contributed by atoms with Gasteiger partial charge in [0.05, 0.1) is 5.69 Å². The third-order valence-corrected chi connectivity index (χ3v) is 2.51. The van der Waals surface area contributed by atoms with E-state index in [4.69, 9.17) is 4.74 Å². The Morgan fingerprint density at radius 3 is 3.07 bits per heavy atom. The molecule has 1 aliphatic rings. The quantitative estimate of drug-likeness (QED) is 0.799. The highest BCUT2D eigenvalue weighted by Crippen LogP contribution is 2.21. The number of fused-ring (bicyclic) bond motifs is 1. The minimum atomic E-state index is 0. The maximum absolute atomic E-state index is 5.89. The van der Waals surface area contributed by atoms with E-state index >= 15 is 0 Å². The lowest BCUT2D eigenvalue weighted by Gasteiger charge is -2.20. The van der Waals surface area contributed by atoms with Crippen LogP contribution < -0.4 is 10.1 Å². The molecule has 0 spiro atoms. The molecule has 84 valence electrons. The van der Waals surface area contributed by atoms with E-state index in [0.29, 0.717) is 5.92 Å². The topological polar surface area (TPSA) is 34.2 Å². The number of hydrogen-bond acceptors (Lipinski definition) is 3. The molecule has 1 aliphatic heterocycles. The summed E-state index contributed by atoms with van der Waals surface area (Å²) < 4.78 is 5.89. The predicted octanol–water partition coefficient (Wildman–Crippen LogP) is 2.01. The van der Waals surface area contributed by atoms with Crippen LogP contribution in [0.25, 0.3) is 0 Å². The molecule has 1 atom stereocenters. The van der Waals surface area contributed by atoms with E-state index < -0.39 is 0 Å². The smallest absolute Gasteiger partial charge is 0.142 e. The van der Waals surface area contributed by atoms with Crippen molar-refractivity contribution in [3.63, 3.8) is 0 Å². The standard InChI is InChI=1S/C11H16N2O.ClH/c1-8(2)11-7-12-6-9-10(14-11)4-3-5-13-9;/h3-5,8,11-12H,6-7H2,1-2H3;1H. The normalized spacial score (nSPS) is 19.8. The third kappa shape index (κ3) is 2.83. The van der Waals surface area contributed by atoms with Crippen molar-refractivity contribution >= 4 is 12.4 Å². The van der Waals surface area contributed by atoms with Gasteiger partial charge >= 0.3 is 0 Å². The molecule has 0 amide bonds. The molecule has 0 saturated heterocycles. The lowest BCUT2D eigenvalue weighted by molar-refractivity contribution is 0.155. The average Bonchev–Trinajstić information content (AvgIpc) is 2.39. The molecular formula is C11H17ClN2O. The number of pyridine rings is 1. The fourth-order valence-corrected chi connectivity index (χ4v) is 1.57. The highest BCUT2D eigenvalue weighted by molar-refractivity contribution is 5.85. The van der Waals surface area contributed by atoms with Crippen LogP contribution in [0.2, 0.25) is 0 Å². The van der Waals surface area contributed by atoms with Crippen LogP contribution in [0.3, 0.4) is 0 Å². The monoisotopic (exact) mass is 228 g/mol. The van der Waals surface area contributed by atoms with E-state index in [2.05, 4.69) is 24.1 Å². The molecule has 0 aliphatic carbocycles. The van der Waals surface area contributed by atoms with Crippen LogP contribution in [-0.4, -0.2) is 17.6 Å². The van der Waals surface area contributed by atoms with Crippen molar-refractivity contribution in [3.8, 4) is 5.75 Å². The molecule has 2 rings (SSSR count). The minimum Gasteiger partial charge on any atom is -0.487 e. The van der Waals surface area contributed by atoms with Crippen LogP contribution in [0.4, 0.5) is 0 Å². The molecule has 2 heterocycles. The maximum atomic E-state index is 5.89. The van der Waals surface area contributed by atoms with Gasteiger partial charge in [0.2, 0.25) is 0 Å². The van der Waals surface area contributed by atoms with Crippen LogP contribution in [0, 0.1) is 5.92 Å². The summed E-state index contributed by atoms with van der Waals surface area (Å²) in [6, 6.07) is 3.91. The van der Waals surface area contributed by atoms with Crippen molar-refractivity contribution in [2.45, 2.75) is 26.5 Å². The van der Waals surface area contributed by atoms with Crippen molar-refractivity contribution < 1.29 is 4.74 Å². The lowest BCUT2D eigenvalue weighted by Crippen LogP contribution is -2.32. The van der Waals surface area contributed by atoms with Gasteiger partial charge in [-0.15, -0.1) is 12.4 Å². The summed E-state index contributed by atoms with van der Waals surface area (Å²) in [5.74, 6) is 1.45. The molecule has 4 heteroatoms. The molecule has 0 aromatic carbocycles. The molecule has 1 unspecified atom stereocenters. The van der Waals surface area contributed by atoms with E-state index in [1.54, 1.807) is 6.20 Å². The van der Waals surface area contributed by atoms with Gasteiger partial charge in [-0.3, -0.25) is 4.98 Å². The van der Waals surface area contributed by atoms with Gasteiger partial charge < -0.3 is 10.1 Å². The van der Waals surface area contributed by atoms with Gasteiger partial charge in [0, 0.05) is 19.3 Å². The van der Waals surface area contributed by atoms with Gasteiger partial charge in [-0.05, 0) is 18.1 Å². The SMILES string of the molecule is CC(C)C1CNCc2ncccc2O1.Cl. The molecule has 1 N–H and O–H groups in total. The van der Waals surface area contributed by atoms with E-state index in [-0.39, 0.29) is 18.5 Å². The summed E-state index contributed by atoms with van der Waals surface area (Å²) in [4.78, 5) is 4.29. The van der Waals surface area contributed by atoms with Gasteiger partial charge in [0.15, 0.2) is 0 Å². The lowest BCUT2D eigenvalue weighted by atomic mass is 10.1. The molecule has 3 nitrogen and oxygen atoms in total. The summed E-state index contributed by atoms with van der Waals surface area (Å²) in [6.07, 6.45) is 2.06. The highest BCUT2D eigenvalue weighted by Gasteiger charge is 2.20. The number of nitrogens with one attached hydrogen (secondary N) is 1. The van der Waals surface area contributed by atoms with Gasteiger partial charge in [-0.25, -0.2) is 0 Å². The second-order valence-electron chi connectivity index (χ2n) is 3.98. The molecule has 0 saturated carbocycles. The fraction of sp³-hybridized carbons (Fsp3) is 0.545. The largest absolute Gasteiger partial charge is 0.487 e. The fourth-order valence-electron chi connectivity index (χ4n) is 1.57. The summed E-state index contributed by atoms with van der Waals surface area (Å²) >= 11 is 0. The predicted molar refractivity (Wildman–Crippen MR) is 62.4 cm³/mol. The van der Waals surface area contributed by atoms with Gasteiger partial charge in [-0.1, -0.05) is 13.8 Å². The first-order chi connectivity index (χ1) is 6.77. The van der Waals surface area contributed by atoms with E-state index in [0.717, 1.165) is 24.5 Å². The summed E-state index contributed by atoms with van der Waals surface area (Å²) in [5, 5.41) is 3.35. The van der Waals surface area contributed by atoms with E-state index in [1.807, 2.05) is 12.1 Å². The summed E-state index contributed by atoms with van der Waals surface area (Å²) in [6.45, 7) is 6.05. The van der Waals surface area contributed by atoms with Crippen LogP contribution in [0.5, 0.6) is 5.75 Å². The maximum Gasteiger partial charge on any atom is 0.142 e. The van der Waals surface area contributed by atoms with Crippen LogP contribution in [-0.2, 0) is 6.54 Å². The molecular weight excluding hydrogens is 212 g/mol. The molecule has 1 aromatic heterocycles. The first-order valence-corrected chi connectivity index (χ1v) is 5.08. The van der Waals surface area contributed by atoms with Gasteiger partial charge in [0.1, 0.15) is 11.9 Å². The number of aromatic nitrogens is 1. The van der Waals surface area contributed by atoms with Gasteiger partial charge in [-0.2, -0.15) is 0 Å². The Bertz CT molecular complexity index is 317. The Balaban J connectivity index is 0.00000112. The second kappa shape index (κ2) is 5.33. The van der Waals surface area contributed by atoms with Gasteiger partial charge in [0.25, 0.3) is 0 Å². The molecule has 15 heavy (non-hydrogen) atoms. The Morgan fingerprint density at radius 2 is 2.33 bits per heavy atom. The highest BCUT2D eigenvalue weighted by atomic mass is 35.5. The average molecular weight is 229 g/mol. The van der Waals surface area contributed by atoms with Crippen molar-refractivity contribution in [3.05, 3.63) is 24.0 Å². The summed E-state index contributed by atoms with van der Waals surface area (Å²) in [5.41, 5.74) is 1.01. The van der Waals surface area contributed by atoms with Crippen LogP contribution in [0.15, 0.2) is 18.3 Å². The Kier molecular flexibility index (Phi) is 4.36. The Hall–Kier alpha value is -0.800. The number of halogens is 1. The van der Waals surface area contributed by atoms with Crippen molar-refractivity contribution in [2.24, 2.45) is 5.92 Å². The Morgan fingerprint density at radius 1 is 1.53 bits per heavy atom. The van der Waals surface area contributed by atoms with Crippen molar-refractivity contribution in [2.75, 3.05) is 6.54 Å². The van der Waals surface area contributed by atoms with Crippen molar-refractivity contribution in [1.82, 2.24) is 10.3 Å². The molecule has 0 bridgehead atoms. The van der Waals surface area contributed by atoms with Crippen LogP contribution >= 0.6 is 12.4 Å². The van der Waals surface area contributed by atoms with E-state index in [1.165, 1.54) is 0 Å². The third-order valence-electron chi connectivity index (χ3n) is 2.51. The minimum absolute atomic E-state index is 0. The Labute approximate surface area is 96.7 Å². The number of nitrogens with zero attached hydrogens (tertiary/aromatic N) is 1. The first kappa shape index (κ1) is 12.3. The number of rotatable bonds is 1. The molecule has 0 fully saturated rings. The second-order valence-corrected chi connectivity index (χ2v) is 3.98. The number of ether oxygens (including phenoxy) is 1. The van der Waals surface area contributed by atoms with Crippen LogP contribution in [0.1, 0.15) is 19.5 Å².